The van der Waals surface area contributed by atoms with E-state index in [1.165, 1.54) is 44.9 Å². The second-order valence-corrected chi connectivity index (χ2v) is 4.01. The molecule has 1 fully saturated rings. The van der Waals surface area contributed by atoms with Crippen molar-refractivity contribution in [2.24, 2.45) is 5.92 Å². The van der Waals surface area contributed by atoms with Gasteiger partial charge >= 0.3 is 0 Å². The lowest BCUT2D eigenvalue weighted by atomic mass is 10.0. The van der Waals surface area contributed by atoms with Crippen molar-refractivity contribution in [2.45, 2.75) is 51.9 Å². The Hall–Kier alpha value is -0.520. The molecule has 1 aliphatic rings. The third kappa shape index (κ3) is 3.38. The van der Waals surface area contributed by atoms with Crippen molar-refractivity contribution in [3.63, 3.8) is 0 Å². The summed E-state index contributed by atoms with van der Waals surface area (Å²) >= 11 is 0. The van der Waals surface area contributed by atoms with Crippen molar-refractivity contribution >= 4 is 0 Å². The molecule has 1 aliphatic carbocycles. The zero-order valence-electron chi connectivity index (χ0n) is 8.89. The van der Waals surface area contributed by atoms with Gasteiger partial charge in [-0.25, -0.2) is 0 Å². The molecule has 0 aromatic carbocycles. The van der Waals surface area contributed by atoms with Crippen LogP contribution >= 0.6 is 0 Å². The molecule has 74 valence electrons. The molecular formula is C13H22. The van der Waals surface area contributed by atoms with Crippen molar-refractivity contribution in [2.75, 3.05) is 0 Å². The summed E-state index contributed by atoms with van der Waals surface area (Å²) < 4.78 is 0. The van der Waals surface area contributed by atoms with Crippen molar-refractivity contribution in [1.29, 1.82) is 0 Å². The number of hydrogen-bond acceptors (Lipinski definition) is 0. The van der Waals surface area contributed by atoms with E-state index in [9.17, 15) is 0 Å². The van der Waals surface area contributed by atoms with E-state index >= 15 is 0 Å². The van der Waals surface area contributed by atoms with Gasteiger partial charge in [0.05, 0.1) is 0 Å². The molecule has 0 aromatic rings. The smallest absolute Gasteiger partial charge is 0.00259 e. The van der Waals surface area contributed by atoms with Crippen LogP contribution in [0.4, 0.5) is 0 Å². The molecule has 1 atom stereocenters. The summed E-state index contributed by atoms with van der Waals surface area (Å²) in [6, 6.07) is 0. The highest BCUT2D eigenvalue weighted by atomic mass is 14.2. The lowest BCUT2D eigenvalue weighted by molar-refractivity contribution is 0.719. The summed E-state index contributed by atoms with van der Waals surface area (Å²) in [5, 5.41) is 0. The molecule has 0 bridgehead atoms. The van der Waals surface area contributed by atoms with E-state index in [1.54, 1.807) is 5.57 Å². The Labute approximate surface area is 82.7 Å². The van der Waals surface area contributed by atoms with E-state index in [0.717, 1.165) is 0 Å². The molecular weight excluding hydrogens is 156 g/mol. The van der Waals surface area contributed by atoms with Gasteiger partial charge in [-0.1, -0.05) is 37.5 Å². The molecule has 0 N–H and O–H groups in total. The SMILES string of the molecule is C=CC1CCCC1=CCCCCC. The summed E-state index contributed by atoms with van der Waals surface area (Å²) in [5.74, 6) is 0.710. The molecule has 0 heterocycles. The second kappa shape index (κ2) is 6.01. The Kier molecular flexibility index (Phi) is 4.88. The Balaban J connectivity index is 2.28. The van der Waals surface area contributed by atoms with Gasteiger partial charge in [0, 0.05) is 0 Å². The predicted molar refractivity (Wildman–Crippen MR) is 59.8 cm³/mol. The van der Waals surface area contributed by atoms with E-state index < -0.39 is 0 Å². The number of unbranched alkanes of at least 4 members (excludes halogenated alkanes) is 3. The fourth-order valence-corrected chi connectivity index (χ4v) is 2.10. The predicted octanol–water partition coefficient (Wildman–Crippen LogP) is 4.48. The Morgan fingerprint density at radius 3 is 3.00 bits per heavy atom. The fourth-order valence-electron chi connectivity index (χ4n) is 2.10. The van der Waals surface area contributed by atoms with E-state index in [-0.39, 0.29) is 0 Å². The summed E-state index contributed by atoms with van der Waals surface area (Å²) in [6.07, 6.45) is 14.0. The van der Waals surface area contributed by atoms with Gasteiger partial charge < -0.3 is 0 Å². The number of rotatable bonds is 5. The van der Waals surface area contributed by atoms with Crippen molar-refractivity contribution < 1.29 is 0 Å². The van der Waals surface area contributed by atoms with Gasteiger partial charge in [0.15, 0.2) is 0 Å². The van der Waals surface area contributed by atoms with Gasteiger partial charge in [0.25, 0.3) is 0 Å². The van der Waals surface area contributed by atoms with E-state index in [4.69, 9.17) is 0 Å². The van der Waals surface area contributed by atoms with E-state index in [2.05, 4.69) is 25.7 Å². The minimum atomic E-state index is 0.710. The minimum absolute atomic E-state index is 0.710. The maximum absolute atomic E-state index is 3.90. The van der Waals surface area contributed by atoms with Gasteiger partial charge in [0.2, 0.25) is 0 Å². The normalized spacial score (nSPS) is 25.3. The lowest BCUT2D eigenvalue weighted by Crippen LogP contribution is -1.90. The van der Waals surface area contributed by atoms with Gasteiger partial charge in [-0.15, -0.1) is 6.58 Å². The monoisotopic (exact) mass is 178 g/mol. The van der Waals surface area contributed by atoms with Crippen molar-refractivity contribution in [3.05, 3.63) is 24.3 Å². The third-order valence-corrected chi connectivity index (χ3v) is 2.96. The number of hydrogen-bond donors (Lipinski definition) is 0. The maximum Gasteiger partial charge on any atom is -0.00259 e. The molecule has 0 amide bonds. The first-order valence-electron chi connectivity index (χ1n) is 5.70. The largest absolute Gasteiger partial charge is 0.102 e. The summed E-state index contributed by atoms with van der Waals surface area (Å²) in [5.41, 5.74) is 1.66. The quantitative estimate of drug-likeness (QED) is 0.430. The summed E-state index contributed by atoms with van der Waals surface area (Å²) in [4.78, 5) is 0. The van der Waals surface area contributed by atoms with Crippen LogP contribution in [0.2, 0.25) is 0 Å². The van der Waals surface area contributed by atoms with Crippen LogP contribution in [-0.4, -0.2) is 0 Å². The maximum atomic E-state index is 3.90. The zero-order valence-corrected chi connectivity index (χ0v) is 8.89. The first-order chi connectivity index (χ1) is 6.38. The molecule has 1 rings (SSSR count). The van der Waals surface area contributed by atoms with Crippen molar-refractivity contribution in [3.8, 4) is 0 Å². The first-order valence-corrected chi connectivity index (χ1v) is 5.70. The topological polar surface area (TPSA) is 0 Å². The average Bonchev–Trinajstić information content (AvgIpc) is 2.60. The van der Waals surface area contributed by atoms with E-state index in [1.807, 2.05) is 0 Å². The highest BCUT2D eigenvalue weighted by Crippen LogP contribution is 2.32. The molecule has 0 aliphatic heterocycles. The van der Waals surface area contributed by atoms with E-state index in [0.29, 0.717) is 5.92 Å². The van der Waals surface area contributed by atoms with Crippen LogP contribution in [0.25, 0.3) is 0 Å². The van der Waals surface area contributed by atoms with Crippen LogP contribution in [0.5, 0.6) is 0 Å². The Morgan fingerprint density at radius 1 is 1.46 bits per heavy atom. The Bertz CT molecular complexity index is 176. The van der Waals surface area contributed by atoms with Crippen LogP contribution < -0.4 is 0 Å². The average molecular weight is 178 g/mol. The highest BCUT2D eigenvalue weighted by molar-refractivity contribution is 5.16. The summed E-state index contributed by atoms with van der Waals surface area (Å²) in [7, 11) is 0. The third-order valence-electron chi connectivity index (χ3n) is 2.96. The molecule has 13 heavy (non-hydrogen) atoms. The van der Waals surface area contributed by atoms with Crippen LogP contribution in [0.3, 0.4) is 0 Å². The minimum Gasteiger partial charge on any atom is -0.102 e. The molecule has 1 saturated carbocycles. The first kappa shape index (κ1) is 10.6. The molecule has 0 nitrogen and oxygen atoms in total. The van der Waals surface area contributed by atoms with Crippen LogP contribution in [0.15, 0.2) is 24.3 Å². The highest BCUT2D eigenvalue weighted by Gasteiger charge is 2.16. The lowest BCUT2D eigenvalue weighted by Gasteiger charge is -2.05. The zero-order chi connectivity index (χ0) is 9.52. The molecule has 0 heteroatoms. The molecule has 0 aromatic heterocycles. The van der Waals surface area contributed by atoms with Gasteiger partial charge in [0.1, 0.15) is 0 Å². The summed E-state index contributed by atoms with van der Waals surface area (Å²) in [6.45, 7) is 6.16. The molecule has 0 saturated heterocycles. The van der Waals surface area contributed by atoms with Gasteiger partial charge in [-0.2, -0.15) is 0 Å². The van der Waals surface area contributed by atoms with Crippen LogP contribution in [-0.2, 0) is 0 Å². The molecule has 0 radical (unpaired) electrons. The standard InChI is InChI=1S/C13H22/c1-3-5-6-7-9-13-11-8-10-12(13)4-2/h4,9,12H,2-3,5-8,10-11H2,1H3. The number of allylic oxidation sites excluding steroid dienone is 3. The molecule has 0 spiro atoms. The Morgan fingerprint density at radius 2 is 2.31 bits per heavy atom. The molecule has 1 unspecified atom stereocenters. The van der Waals surface area contributed by atoms with Crippen molar-refractivity contribution in [1.82, 2.24) is 0 Å². The van der Waals surface area contributed by atoms with Gasteiger partial charge in [-0.3, -0.25) is 0 Å². The van der Waals surface area contributed by atoms with Crippen LogP contribution in [0.1, 0.15) is 51.9 Å². The van der Waals surface area contributed by atoms with Crippen LogP contribution in [0, 0.1) is 5.92 Å². The fraction of sp³-hybridized carbons (Fsp3) is 0.692. The second-order valence-electron chi connectivity index (χ2n) is 4.01. The van der Waals surface area contributed by atoms with Gasteiger partial charge in [-0.05, 0) is 38.0 Å².